The van der Waals surface area contributed by atoms with Crippen LogP contribution in [0.4, 0.5) is 23.2 Å². The maximum absolute atomic E-state index is 13.6. The molecule has 0 aromatic heterocycles. The number of amides is 3. The van der Waals surface area contributed by atoms with Crippen molar-refractivity contribution in [3.8, 4) is 0 Å². The molecule has 2 aromatic rings. The molecule has 0 aliphatic carbocycles. The van der Waals surface area contributed by atoms with Gasteiger partial charge in [-0.3, -0.25) is 19.3 Å². The Hall–Kier alpha value is -3.23. The molecule has 2 aromatic carbocycles. The van der Waals surface area contributed by atoms with E-state index >= 15 is 0 Å². The van der Waals surface area contributed by atoms with Crippen molar-refractivity contribution >= 4 is 23.4 Å². The summed E-state index contributed by atoms with van der Waals surface area (Å²) in [6, 6.07) is 6.13. The van der Waals surface area contributed by atoms with E-state index < -0.39 is 34.7 Å². The smallest absolute Gasteiger partial charge is 0.258 e. The van der Waals surface area contributed by atoms with E-state index in [1.54, 1.807) is 0 Å². The number of hydrogen-bond donors (Lipinski definition) is 1. The predicted octanol–water partition coefficient (Wildman–Crippen LogP) is 3.14. The van der Waals surface area contributed by atoms with Crippen LogP contribution in [0.2, 0.25) is 0 Å². The summed E-state index contributed by atoms with van der Waals surface area (Å²) in [4.78, 5) is 36.3. The van der Waals surface area contributed by atoms with Gasteiger partial charge in [-0.1, -0.05) is 12.1 Å². The van der Waals surface area contributed by atoms with Gasteiger partial charge in [0.05, 0.1) is 12.1 Å². The maximum atomic E-state index is 13.6. The fraction of sp³-hybridized carbons (Fsp3) is 0.167. The molecule has 1 aliphatic heterocycles. The molecule has 3 amide bonds. The number of rotatable bonds is 4. The topological polar surface area (TPSA) is 66.5 Å². The van der Waals surface area contributed by atoms with Crippen LogP contribution in [0.3, 0.4) is 0 Å². The van der Waals surface area contributed by atoms with Crippen molar-refractivity contribution < 1.29 is 31.9 Å². The summed E-state index contributed by atoms with van der Waals surface area (Å²) in [5.74, 6) is -9.26. The highest BCUT2D eigenvalue weighted by Crippen LogP contribution is 2.21. The lowest BCUT2D eigenvalue weighted by atomic mass is 10.1. The van der Waals surface area contributed by atoms with Gasteiger partial charge in [-0.05, 0) is 23.8 Å². The second kappa shape index (κ2) is 7.18. The molecule has 27 heavy (non-hydrogen) atoms. The van der Waals surface area contributed by atoms with Crippen molar-refractivity contribution in [2.75, 3.05) is 5.32 Å². The fourth-order valence-electron chi connectivity index (χ4n) is 2.61. The van der Waals surface area contributed by atoms with Crippen LogP contribution in [0.5, 0.6) is 0 Å². The quantitative estimate of drug-likeness (QED) is 0.384. The highest BCUT2D eigenvalue weighted by atomic mass is 19.2. The Morgan fingerprint density at radius 3 is 2.11 bits per heavy atom. The summed E-state index contributed by atoms with van der Waals surface area (Å²) < 4.78 is 53.0. The Balaban J connectivity index is 1.72. The number of carbonyl (C=O) groups excluding carboxylic acids is 3. The van der Waals surface area contributed by atoms with Crippen LogP contribution < -0.4 is 5.32 Å². The minimum absolute atomic E-state index is 0.0783. The van der Waals surface area contributed by atoms with E-state index in [1.165, 1.54) is 24.3 Å². The number of nitrogens with zero attached hydrogens (tertiary/aromatic N) is 1. The van der Waals surface area contributed by atoms with Crippen molar-refractivity contribution in [3.05, 3.63) is 64.7 Å². The van der Waals surface area contributed by atoms with Crippen LogP contribution in [0.1, 0.15) is 28.8 Å². The van der Waals surface area contributed by atoms with Gasteiger partial charge in [-0.15, -0.1) is 0 Å². The van der Waals surface area contributed by atoms with Gasteiger partial charge in [0.15, 0.2) is 23.3 Å². The van der Waals surface area contributed by atoms with E-state index in [9.17, 15) is 31.9 Å². The normalized spacial score (nSPS) is 14.0. The monoisotopic (exact) mass is 380 g/mol. The van der Waals surface area contributed by atoms with Gasteiger partial charge in [0, 0.05) is 18.5 Å². The average Bonchev–Trinajstić information content (AvgIpc) is 2.96. The van der Waals surface area contributed by atoms with Crippen LogP contribution in [-0.4, -0.2) is 22.6 Å². The Labute approximate surface area is 150 Å². The predicted molar refractivity (Wildman–Crippen MR) is 85.5 cm³/mol. The maximum Gasteiger partial charge on any atom is 0.258 e. The molecule has 0 spiro atoms. The first-order valence-corrected chi connectivity index (χ1v) is 7.84. The van der Waals surface area contributed by atoms with Crippen LogP contribution in [0, 0.1) is 23.3 Å². The Morgan fingerprint density at radius 2 is 1.52 bits per heavy atom. The third-order valence-corrected chi connectivity index (χ3v) is 4.05. The largest absolute Gasteiger partial charge is 0.322 e. The number of imide groups is 1. The summed E-state index contributed by atoms with van der Waals surface area (Å²) in [5, 5.41) is 2.23. The van der Waals surface area contributed by atoms with E-state index in [2.05, 4.69) is 5.32 Å². The zero-order valence-electron chi connectivity index (χ0n) is 13.7. The molecule has 1 aliphatic rings. The number of halogens is 4. The van der Waals surface area contributed by atoms with Gasteiger partial charge in [0.2, 0.25) is 11.8 Å². The average molecular weight is 380 g/mol. The molecule has 0 saturated carbocycles. The minimum atomic E-state index is -2.07. The molecular weight excluding hydrogens is 368 g/mol. The van der Waals surface area contributed by atoms with Crippen molar-refractivity contribution in [2.24, 2.45) is 0 Å². The molecule has 140 valence electrons. The van der Waals surface area contributed by atoms with Gasteiger partial charge in [0.1, 0.15) is 0 Å². The standard InChI is InChI=1S/C18H12F4N2O3/c19-12-7-11(15(20)17(22)16(12)21)18(27)23-10-3-1-9(2-4-10)8-24-13(25)5-6-14(24)26/h1-4,7H,5-6,8H2,(H,23,27). The molecule has 0 radical (unpaired) electrons. The summed E-state index contributed by atoms with van der Waals surface area (Å²) in [6.45, 7) is 0.0783. The van der Waals surface area contributed by atoms with Gasteiger partial charge in [-0.2, -0.15) is 0 Å². The lowest BCUT2D eigenvalue weighted by Gasteiger charge is -2.14. The fourth-order valence-corrected chi connectivity index (χ4v) is 2.61. The molecule has 0 unspecified atom stereocenters. The molecular formula is C18H12F4N2O3. The number of hydrogen-bond acceptors (Lipinski definition) is 3. The molecule has 3 rings (SSSR count). The lowest BCUT2D eigenvalue weighted by Crippen LogP contribution is -2.28. The second-order valence-corrected chi connectivity index (χ2v) is 5.87. The van der Waals surface area contributed by atoms with Gasteiger partial charge >= 0.3 is 0 Å². The van der Waals surface area contributed by atoms with Gasteiger partial charge in [0.25, 0.3) is 5.91 Å². The first-order valence-electron chi connectivity index (χ1n) is 7.84. The van der Waals surface area contributed by atoms with E-state index in [0.29, 0.717) is 5.56 Å². The zero-order valence-corrected chi connectivity index (χ0v) is 13.7. The number of nitrogens with one attached hydrogen (secondary N) is 1. The molecule has 1 heterocycles. The number of likely N-dealkylation sites (tertiary alicyclic amines) is 1. The van der Waals surface area contributed by atoms with Crippen molar-refractivity contribution in [3.63, 3.8) is 0 Å². The van der Waals surface area contributed by atoms with Crippen LogP contribution in [0.25, 0.3) is 0 Å². The Kier molecular flexibility index (Phi) is 4.93. The third kappa shape index (κ3) is 3.67. The SMILES string of the molecule is O=C(Nc1ccc(CN2C(=O)CCC2=O)cc1)c1cc(F)c(F)c(F)c1F. The minimum Gasteiger partial charge on any atom is -0.322 e. The van der Waals surface area contributed by atoms with Gasteiger partial charge in [-0.25, -0.2) is 17.6 Å². The number of anilines is 1. The summed E-state index contributed by atoms with van der Waals surface area (Å²) in [7, 11) is 0. The van der Waals surface area contributed by atoms with Crippen LogP contribution in [-0.2, 0) is 16.1 Å². The molecule has 1 saturated heterocycles. The van der Waals surface area contributed by atoms with E-state index in [4.69, 9.17) is 0 Å². The molecule has 1 fully saturated rings. The number of carbonyl (C=O) groups is 3. The van der Waals surface area contributed by atoms with E-state index in [0.717, 1.165) is 4.90 Å². The lowest BCUT2D eigenvalue weighted by molar-refractivity contribution is -0.139. The summed E-state index contributed by atoms with van der Waals surface area (Å²) in [5.41, 5.74) is -0.197. The molecule has 0 bridgehead atoms. The third-order valence-electron chi connectivity index (χ3n) is 4.05. The Bertz CT molecular complexity index is 929. The molecule has 0 atom stereocenters. The van der Waals surface area contributed by atoms with Crippen molar-refractivity contribution in [1.82, 2.24) is 4.90 Å². The van der Waals surface area contributed by atoms with Crippen LogP contribution in [0.15, 0.2) is 30.3 Å². The molecule has 9 heteroatoms. The number of benzene rings is 2. The summed E-state index contributed by atoms with van der Waals surface area (Å²) in [6.07, 6.45) is 0.340. The zero-order chi connectivity index (χ0) is 19.7. The molecule has 1 N–H and O–H groups in total. The second-order valence-electron chi connectivity index (χ2n) is 5.87. The van der Waals surface area contributed by atoms with E-state index in [-0.39, 0.29) is 43.0 Å². The first-order chi connectivity index (χ1) is 12.8. The summed E-state index contributed by atoms with van der Waals surface area (Å²) >= 11 is 0. The molecule has 5 nitrogen and oxygen atoms in total. The van der Waals surface area contributed by atoms with Crippen molar-refractivity contribution in [1.29, 1.82) is 0 Å². The van der Waals surface area contributed by atoms with Crippen LogP contribution >= 0.6 is 0 Å². The highest BCUT2D eigenvalue weighted by molar-refractivity contribution is 6.04. The van der Waals surface area contributed by atoms with Crippen molar-refractivity contribution in [2.45, 2.75) is 19.4 Å². The highest BCUT2D eigenvalue weighted by Gasteiger charge is 2.28. The Morgan fingerprint density at radius 1 is 0.926 bits per heavy atom. The van der Waals surface area contributed by atoms with E-state index in [1.807, 2.05) is 0 Å². The first kappa shape index (κ1) is 18.6. The van der Waals surface area contributed by atoms with Gasteiger partial charge < -0.3 is 5.32 Å².